The summed E-state index contributed by atoms with van der Waals surface area (Å²) in [4.78, 5) is 10.8. The van der Waals surface area contributed by atoms with Gasteiger partial charge in [0.05, 0.1) is 12.5 Å². The second-order valence-electron chi connectivity index (χ2n) is 1.95. The van der Waals surface area contributed by atoms with Gasteiger partial charge in [0.2, 0.25) is 0 Å². The molecule has 0 rings (SSSR count). The summed E-state index contributed by atoms with van der Waals surface area (Å²) in [6, 6.07) is 0. The average molecular weight is 179 g/mol. The fourth-order valence-corrected chi connectivity index (χ4v) is 0.495. The van der Waals surface area contributed by atoms with Crippen LogP contribution in [-0.4, -0.2) is 30.2 Å². The highest BCUT2D eigenvalue weighted by Gasteiger charge is 2.05. The number of alkyl halides is 1. The Morgan fingerprint density at radius 3 is 2.73 bits per heavy atom. The summed E-state index contributed by atoms with van der Waals surface area (Å²) in [7, 11) is 0. The zero-order valence-corrected chi connectivity index (χ0v) is 6.93. The molecular weight excluding hydrogens is 168 g/mol. The maximum absolute atomic E-state index is 10.8. The second-order valence-corrected chi connectivity index (χ2v) is 2.22. The minimum absolute atomic E-state index is 0.0145. The van der Waals surface area contributed by atoms with Gasteiger partial charge in [-0.15, -0.1) is 11.6 Å². The molecular formula is C7H11ClO3. The lowest BCUT2D eigenvalue weighted by Crippen LogP contribution is -2.09. The third-order valence-corrected chi connectivity index (χ3v) is 1.31. The topological polar surface area (TPSA) is 46.5 Å². The maximum Gasteiger partial charge on any atom is 0.334 e. The maximum atomic E-state index is 10.8. The van der Waals surface area contributed by atoms with Crippen LogP contribution in [0.1, 0.15) is 6.42 Å². The van der Waals surface area contributed by atoms with Gasteiger partial charge in [-0.3, -0.25) is 0 Å². The molecule has 0 amide bonds. The van der Waals surface area contributed by atoms with Crippen LogP contribution in [0.5, 0.6) is 0 Å². The Balaban J connectivity index is 3.44. The van der Waals surface area contributed by atoms with E-state index in [1.54, 1.807) is 0 Å². The first-order valence-electron chi connectivity index (χ1n) is 3.24. The molecule has 0 heterocycles. The second kappa shape index (κ2) is 6.19. The first kappa shape index (κ1) is 10.5. The summed E-state index contributed by atoms with van der Waals surface area (Å²) in [5.74, 6) is -0.411. The minimum atomic E-state index is -0.492. The molecule has 0 saturated heterocycles. The number of hydrogen-bond acceptors (Lipinski definition) is 3. The van der Waals surface area contributed by atoms with Gasteiger partial charge in [0.25, 0.3) is 0 Å². The van der Waals surface area contributed by atoms with Gasteiger partial charge < -0.3 is 9.84 Å². The highest BCUT2D eigenvalue weighted by atomic mass is 35.5. The Bertz CT molecular complexity index is 145. The van der Waals surface area contributed by atoms with Crippen LogP contribution in [-0.2, 0) is 9.53 Å². The van der Waals surface area contributed by atoms with E-state index in [0.29, 0.717) is 6.42 Å². The van der Waals surface area contributed by atoms with Crippen LogP contribution >= 0.6 is 11.6 Å². The summed E-state index contributed by atoms with van der Waals surface area (Å²) < 4.78 is 4.65. The molecule has 11 heavy (non-hydrogen) atoms. The first-order chi connectivity index (χ1) is 5.22. The summed E-state index contributed by atoms with van der Waals surface area (Å²) in [5, 5.41) is 8.34. The van der Waals surface area contributed by atoms with Crippen molar-refractivity contribution in [2.75, 3.05) is 19.1 Å². The molecule has 0 fully saturated rings. The highest BCUT2D eigenvalue weighted by molar-refractivity contribution is 6.22. The predicted molar refractivity (Wildman–Crippen MR) is 42.5 cm³/mol. The highest BCUT2D eigenvalue weighted by Crippen LogP contribution is 1.97. The molecule has 0 aromatic carbocycles. The standard InChI is InChI=1S/C7H11ClO3/c1-6(5-8)7(10)11-4-2-3-9/h9H,1-5H2. The van der Waals surface area contributed by atoms with Gasteiger partial charge in [-0.2, -0.15) is 0 Å². The molecule has 0 aromatic rings. The zero-order chi connectivity index (χ0) is 8.69. The average Bonchev–Trinajstić information content (AvgIpc) is 2.03. The Hall–Kier alpha value is -0.540. The van der Waals surface area contributed by atoms with Crippen LogP contribution in [0.2, 0.25) is 0 Å². The number of halogens is 1. The number of carbonyl (C=O) groups is 1. The molecule has 0 bridgehead atoms. The zero-order valence-electron chi connectivity index (χ0n) is 6.18. The van der Waals surface area contributed by atoms with E-state index in [1.807, 2.05) is 0 Å². The van der Waals surface area contributed by atoms with Crippen molar-refractivity contribution in [2.45, 2.75) is 6.42 Å². The van der Waals surface area contributed by atoms with Gasteiger partial charge in [-0.1, -0.05) is 6.58 Å². The van der Waals surface area contributed by atoms with Crippen molar-refractivity contribution in [1.29, 1.82) is 0 Å². The number of aliphatic hydroxyl groups excluding tert-OH is 1. The normalized spacial score (nSPS) is 9.27. The van der Waals surface area contributed by atoms with Crippen molar-refractivity contribution >= 4 is 17.6 Å². The van der Waals surface area contributed by atoms with E-state index in [1.165, 1.54) is 0 Å². The quantitative estimate of drug-likeness (QED) is 0.292. The summed E-state index contributed by atoms with van der Waals surface area (Å²) in [6.07, 6.45) is 0.446. The van der Waals surface area contributed by atoms with Crippen LogP contribution in [0, 0.1) is 0 Å². The van der Waals surface area contributed by atoms with Crippen molar-refractivity contribution in [3.8, 4) is 0 Å². The van der Waals surface area contributed by atoms with E-state index >= 15 is 0 Å². The lowest BCUT2D eigenvalue weighted by molar-refractivity contribution is -0.139. The summed E-state index contributed by atoms with van der Waals surface area (Å²) in [5.41, 5.74) is 0.240. The predicted octanol–water partition coefficient (Wildman–Crippen LogP) is 0.707. The van der Waals surface area contributed by atoms with Crippen LogP contribution in [0.4, 0.5) is 0 Å². The molecule has 4 heteroatoms. The van der Waals surface area contributed by atoms with E-state index in [2.05, 4.69) is 11.3 Å². The molecule has 64 valence electrons. The summed E-state index contributed by atoms with van der Waals surface area (Å²) in [6.45, 7) is 3.61. The fraction of sp³-hybridized carbons (Fsp3) is 0.571. The summed E-state index contributed by atoms with van der Waals surface area (Å²) >= 11 is 5.31. The number of esters is 1. The molecule has 0 aromatic heterocycles. The van der Waals surface area contributed by atoms with E-state index in [0.717, 1.165) is 0 Å². The van der Waals surface area contributed by atoms with Crippen molar-refractivity contribution in [2.24, 2.45) is 0 Å². The molecule has 1 N–H and O–H groups in total. The first-order valence-corrected chi connectivity index (χ1v) is 3.77. The van der Waals surface area contributed by atoms with E-state index in [4.69, 9.17) is 16.7 Å². The SMILES string of the molecule is C=C(CCl)C(=O)OCCCO. The van der Waals surface area contributed by atoms with Crippen molar-refractivity contribution in [1.82, 2.24) is 0 Å². The Morgan fingerprint density at radius 1 is 1.64 bits per heavy atom. The Kier molecular flexibility index (Phi) is 5.88. The molecule has 3 nitrogen and oxygen atoms in total. The molecule has 0 spiro atoms. The van der Waals surface area contributed by atoms with Gasteiger partial charge in [0, 0.05) is 18.6 Å². The van der Waals surface area contributed by atoms with E-state index in [-0.39, 0.29) is 24.7 Å². The Morgan fingerprint density at radius 2 is 2.27 bits per heavy atom. The number of aliphatic hydroxyl groups is 1. The van der Waals surface area contributed by atoms with Crippen molar-refractivity contribution in [3.05, 3.63) is 12.2 Å². The van der Waals surface area contributed by atoms with Crippen LogP contribution in [0.3, 0.4) is 0 Å². The molecule has 0 atom stereocenters. The lowest BCUT2D eigenvalue weighted by Gasteiger charge is -2.02. The molecule has 0 saturated carbocycles. The van der Waals surface area contributed by atoms with Gasteiger partial charge in [-0.05, 0) is 0 Å². The largest absolute Gasteiger partial charge is 0.462 e. The minimum Gasteiger partial charge on any atom is -0.462 e. The van der Waals surface area contributed by atoms with Gasteiger partial charge >= 0.3 is 5.97 Å². The number of carbonyl (C=O) groups excluding carboxylic acids is 1. The molecule has 0 aliphatic heterocycles. The third kappa shape index (κ3) is 4.81. The Labute approximate surface area is 70.6 Å². The number of rotatable bonds is 5. The van der Waals surface area contributed by atoms with E-state index < -0.39 is 5.97 Å². The number of ether oxygens (including phenoxy) is 1. The van der Waals surface area contributed by atoms with Crippen molar-refractivity contribution < 1.29 is 14.6 Å². The molecule has 0 unspecified atom stereocenters. The molecule has 0 aliphatic carbocycles. The van der Waals surface area contributed by atoms with Crippen LogP contribution in [0.15, 0.2) is 12.2 Å². The van der Waals surface area contributed by atoms with Crippen molar-refractivity contribution in [3.63, 3.8) is 0 Å². The monoisotopic (exact) mass is 178 g/mol. The van der Waals surface area contributed by atoms with E-state index in [9.17, 15) is 4.79 Å². The molecule has 0 radical (unpaired) electrons. The lowest BCUT2D eigenvalue weighted by atomic mass is 10.3. The molecule has 0 aliphatic rings. The van der Waals surface area contributed by atoms with Gasteiger partial charge in [-0.25, -0.2) is 4.79 Å². The smallest absolute Gasteiger partial charge is 0.334 e. The third-order valence-electron chi connectivity index (χ3n) is 0.986. The number of hydrogen-bond donors (Lipinski definition) is 1. The van der Waals surface area contributed by atoms with Crippen LogP contribution in [0.25, 0.3) is 0 Å². The van der Waals surface area contributed by atoms with Gasteiger partial charge in [0.1, 0.15) is 0 Å². The van der Waals surface area contributed by atoms with Gasteiger partial charge in [0.15, 0.2) is 0 Å². The fourth-order valence-electron chi connectivity index (χ4n) is 0.386. The van der Waals surface area contributed by atoms with Crippen LogP contribution < -0.4 is 0 Å².